The van der Waals surface area contributed by atoms with Crippen LogP contribution >= 0.6 is 11.8 Å². The van der Waals surface area contributed by atoms with Crippen molar-refractivity contribution in [3.63, 3.8) is 0 Å². The van der Waals surface area contributed by atoms with Crippen molar-refractivity contribution in [2.24, 2.45) is 0 Å². The molecule has 0 fully saturated rings. The van der Waals surface area contributed by atoms with Crippen LogP contribution in [0.2, 0.25) is 0 Å². The summed E-state index contributed by atoms with van der Waals surface area (Å²) in [5, 5.41) is 4.26. The molecule has 1 aliphatic rings. The van der Waals surface area contributed by atoms with E-state index in [1.165, 1.54) is 16.1 Å². The van der Waals surface area contributed by atoms with Crippen LogP contribution in [0, 0.1) is 0 Å². The third-order valence-corrected chi connectivity index (χ3v) is 3.09. The Morgan fingerprint density at radius 3 is 2.85 bits per heavy atom. The minimum absolute atomic E-state index is 0.597. The predicted octanol–water partition coefficient (Wildman–Crippen LogP) is 3.80. The highest BCUT2D eigenvalue weighted by molar-refractivity contribution is 8.03. The van der Waals surface area contributed by atoms with Crippen molar-refractivity contribution in [2.45, 2.75) is 24.7 Å². The fourth-order valence-corrected chi connectivity index (χ4v) is 2.24. The average molecular weight is 191 g/mol. The summed E-state index contributed by atoms with van der Waals surface area (Å²) in [4.78, 5) is 1.30. The summed E-state index contributed by atoms with van der Waals surface area (Å²) < 4.78 is 0. The Hall–Kier alpha value is -0.890. The number of hydrogen-bond donors (Lipinski definition) is 1. The first-order valence-corrected chi connectivity index (χ1v) is 5.26. The fraction of sp³-hybridized carbons (Fsp3) is 0.273. The van der Waals surface area contributed by atoms with Crippen LogP contribution in [-0.4, -0.2) is 0 Å². The molecule has 2 heteroatoms. The number of anilines is 1. The van der Waals surface area contributed by atoms with Gasteiger partial charge in [-0.05, 0) is 23.6 Å². The molecule has 0 saturated carbocycles. The van der Waals surface area contributed by atoms with Crippen molar-refractivity contribution >= 4 is 17.4 Å². The lowest BCUT2D eigenvalue weighted by atomic mass is 10.0. The van der Waals surface area contributed by atoms with Gasteiger partial charge in [-0.25, -0.2) is 0 Å². The molecule has 1 aromatic rings. The molecule has 1 aliphatic heterocycles. The number of benzene rings is 1. The predicted molar refractivity (Wildman–Crippen MR) is 59.2 cm³/mol. The van der Waals surface area contributed by atoms with Crippen LogP contribution < -0.4 is 5.32 Å². The van der Waals surface area contributed by atoms with Gasteiger partial charge in [0.2, 0.25) is 0 Å². The Kier molecular flexibility index (Phi) is 2.08. The SMILES string of the molecule is C=C1Nc2ccc(C(C)C)cc2S1. The molecule has 13 heavy (non-hydrogen) atoms. The maximum Gasteiger partial charge on any atom is 0.0701 e. The Bertz CT molecular complexity index is 355. The fourth-order valence-electron chi connectivity index (χ4n) is 1.39. The van der Waals surface area contributed by atoms with Crippen LogP contribution in [0.4, 0.5) is 5.69 Å². The molecular formula is C11H13NS. The van der Waals surface area contributed by atoms with E-state index in [4.69, 9.17) is 0 Å². The van der Waals surface area contributed by atoms with Crippen molar-refractivity contribution in [2.75, 3.05) is 5.32 Å². The van der Waals surface area contributed by atoms with Crippen molar-refractivity contribution in [3.05, 3.63) is 35.4 Å². The van der Waals surface area contributed by atoms with E-state index in [0.717, 1.165) is 5.03 Å². The van der Waals surface area contributed by atoms with Gasteiger partial charge in [0, 0.05) is 4.90 Å². The molecule has 0 amide bonds. The van der Waals surface area contributed by atoms with Crippen LogP contribution in [0.15, 0.2) is 34.7 Å². The smallest absolute Gasteiger partial charge is 0.0701 e. The molecule has 1 N–H and O–H groups in total. The monoisotopic (exact) mass is 191 g/mol. The zero-order valence-electron chi connectivity index (χ0n) is 7.92. The molecule has 1 heterocycles. The van der Waals surface area contributed by atoms with E-state index < -0.39 is 0 Å². The van der Waals surface area contributed by atoms with E-state index in [1.54, 1.807) is 11.8 Å². The Balaban J connectivity index is 2.40. The van der Waals surface area contributed by atoms with Gasteiger partial charge >= 0.3 is 0 Å². The number of fused-ring (bicyclic) bond motifs is 1. The normalized spacial score (nSPS) is 14.5. The highest BCUT2D eigenvalue weighted by Crippen LogP contribution is 2.41. The van der Waals surface area contributed by atoms with Gasteiger partial charge in [0.15, 0.2) is 0 Å². The number of hydrogen-bond acceptors (Lipinski definition) is 2. The van der Waals surface area contributed by atoms with Gasteiger partial charge in [-0.3, -0.25) is 0 Å². The van der Waals surface area contributed by atoms with Gasteiger partial charge in [0.1, 0.15) is 0 Å². The van der Waals surface area contributed by atoms with Crippen LogP contribution in [0.1, 0.15) is 25.3 Å². The maximum absolute atomic E-state index is 3.90. The molecule has 0 radical (unpaired) electrons. The van der Waals surface area contributed by atoms with E-state index >= 15 is 0 Å². The van der Waals surface area contributed by atoms with Crippen molar-refractivity contribution in [3.8, 4) is 0 Å². The molecule has 0 atom stereocenters. The van der Waals surface area contributed by atoms with Gasteiger partial charge in [0.05, 0.1) is 10.7 Å². The Morgan fingerprint density at radius 1 is 1.38 bits per heavy atom. The molecule has 0 saturated heterocycles. The highest BCUT2D eigenvalue weighted by atomic mass is 32.2. The standard InChI is InChI=1S/C11H13NS/c1-7(2)9-4-5-10-11(6-9)13-8(3)12-10/h4-7,12H,3H2,1-2H3. The maximum atomic E-state index is 3.90. The van der Waals surface area contributed by atoms with Crippen LogP contribution in [-0.2, 0) is 0 Å². The minimum atomic E-state index is 0.597. The quantitative estimate of drug-likeness (QED) is 0.724. The van der Waals surface area contributed by atoms with Crippen LogP contribution in [0.3, 0.4) is 0 Å². The topological polar surface area (TPSA) is 12.0 Å². The van der Waals surface area contributed by atoms with Crippen LogP contribution in [0.25, 0.3) is 0 Å². The number of rotatable bonds is 1. The number of nitrogens with one attached hydrogen (secondary N) is 1. The molecule has 1 nitrogen and oxygen atoms in total. The van der Waals surface area contributed by atoms with Gasteiger partial charge in [-0.15, -0.1) is 0 Å². The molecule has 2 rings (SSSR count). The molecular weight excluding hydrogens is 178 g/mol. The number of thioether (sulfide) groups is 1. The zero-order valence-corrected chi connectivity index (χ0v) is 8.74. The second-order valence-corrected chi connectivity index (χ2v) is 4.70. The Morgan fingerprint density at radius 2 is 2.15 bits per heavy atom. The van der Waals surface area contributed by atoms with E-state index in [-0.39, 0.29) is 0 Å². The molecule has 0 aliphatic carbocycles. The van der Waals surface area contributed by atoms with Crippen LogP contribution in [0.5, 0.6) is 0 Å². The van der Waals surface area contributed by atoms with Crippen molar-refractivity contribution < 1.29 is 0 Å². The summed E-state index contributed by atoms with van der Waals surface area (Å²) in [5.41, 5.74) is 2.59. The highest BCUT2D eigenvalue weighted by Gasteiger charge is 2.14. The third-order valence-electron chi connectivity index (χ3n) is 2.18. The third kappa shape index (κ3) is 1.59. The zero-order chi connectivity index (χ0) is 9.42. The molecule has 1 aromatic carbocycles. The van der Waals surface area contributed by atoms with E-state index in [1.807, 2.05) is 0 Å². The van der Waals surface area contributed by atoms with Gasteiger partial charge in [-0.2, -0.15) is 0 Å². The van der Waals surface area contributed by atoms with Gasteiger partial charge < -0.3 is 5.32 Å². The van der Waals surface area contributed by atoms with Crippen molar-refractivity contribution in [1.82, 2.24) is 0 Å². The van der Waals surface area contributed by atoms with Gasteiger partial charge in [-0.1, -0.05) is 38.3 Å². The second-order valence-electron chi connectivity index (χ2n) is 3.56. The minimum Gasteiger partial charge on any atom is -0.350 e. The Labute approximate surface area is 83.2 Å². The second kappa shape index (κ2) is 3.11. The molecule has 68 valence electrons. The lowest BCUT2D eigenvalue weighted by Gasteiger charge is -2.06. The van der Waals surface area contributed by atoms with E-state index in [0.29, 0.717) is 5.92 Å². The van der Waals surface area contributed by atoms with Crippen molar-refractivity contribution in [1.29, 1.82) is 0 Å². The van der Waals surface area contributed by atoms with Gasteiger partial charge in [0.25, 0.3) is 0 Å². The first-order chi connectivity index (χ1) is 6.16. The van der Waals surface area contributed by atoms with E-state index in [2.05, 4.69) is 43.9 Å². The summed E-state index contributed by atoms with van der Waals surface area (Å²) in [6.07, 6.45) is 0. The molecule has 0 aromatic heterocycles. The average Bonchev–Trinajstić information content (AvgIpc) is 2.42. The summed E-state index contributed by atoms with van der Waals surface area (Å²) in [6.45, 7) is 8.32. The largest absolute Gasteiger partial charge is 0.350 e. The summed E-state index contributed by atoms with van der Waals surface area (Å²) in [7, 11) is 0. The first-order valence-electron chi connectivity index (χ1n) is 4.44. The summed E-state index contributed by atoms with van der Waals surface area (Å²) in [6, 6.07) is 6.56. The molecule has 0 spiro atoms. The summed E-state index contributed by atoms with van der Waals surface area (Å²) in [5.74, 6) is 0.597. The molecule has 0 bridgehead atoms. The summed E-state index contributed by atoms with van der Waals surface area (Å²) >= 11 is 1.72. The first kappa shape index (κ1) is 8.70. The lowest BCUT2D eigenvalue weighted by Crippen LogP contribution is -1.89. The molecule has 0 unspecified atom stereocenters. The van der Waals surface area contributed by atoms with E-state index in [9.17, 15) is 0 Å². The lowest BCUT2D eigenvalue weighted by molar-refractivity contribution is 0.863.